The Kier molecular flexibility index (Phi) is 5.03. The molecule has 1 rings (SSSR count). The first-order valence-electron chi connectivity index (χ1n) is 5.81. The Morgan fingerprint density at radius 1 is 1.38 bits per heavy atom. The van der Waals surface area contributed by atoms with Gasteiger partial charge in [0.05, 0.1) is 13.0 Å². The van der Waals surface area contributed by atoms with Crippen LogP contribution in [-0.4, -0.2) is 13.1 Å². The van der Waals surface area contributed by atoms with Crippen LogP contribution < -0.4 is 0 Å². The fraction of sp³-hybridized carbons (Fsp3) is 0.500. The molecule has 16 heavy (non-hydrogen) atoms. The zero-order valence-corrected chi connectivity index (χ0v) is 10.3. The molecule has 2 heteroatoms. The summed E-state index contributed by atoms with van der Waals surface area (Å²) in [4.78, 5) is 11.4. The van der Waals surface area contributed by atoms with Crippen molar-refractivity contribution in [2.24, 2.45) is 5.92 Å². The number of esters is 1. The molecule has 0 N–H and O–H groups in total. The van der Waals surface area contributed by atoms with E-state index in [9.17, 15) is 4.79 Å². The highest BCUT2D eigenvalue weighted by atomic mass is 16.5. The van der Waals surface area contributed by atoms with Crippen LogP contribution in [0.25, 0.3) is 0 Å². The fourth-order valence-electron chi connectivity index (χ4n) is 1.88. The van der Waals surface area contributed by atoms with Crippen molar-refractivity contribution in [1.82, 2.24) is 0 Å². The van der Waals surface area contributed by atoms with E-state index in [1.54, 1.807) is 0 Å². The summed E-state index contributed by atoms with van der Waals surface area (Å²) in [7, 11) is 1.46. The predicted molar refractivity (Wildman–Crippen MR) is 65.3 cm³/mol. The molecule has 1 atom stereocenters. The lowest BCUT2D eigenvalue weighted by Gasteiger charge is -2.12. The molecule has 0 fully saturated rings. The maximum atomic E-state index is 11.4. The average Bonchev–Trinajstić information content (AvgIpc) is 2.31. The lowest BCUT2D eigenvalue weighted by molar-refractivity contribution is -0.145. The van der Waals surface area contributed by atoms with E-state index in [4.69, 9.17) is 4.74 Å². The van der Waals surface area contributed by atoms with Gasteiger partial charge in [0.2, 0.25) is 0 Å². The standard InChI is InChI=1S/C14H20O2/c1-4-12(14(15)16-3)9-10-13-8-6-5-7-11(13)2/h5-8,12H,4,9-10H2,1-3H3. The van der Waals surface area contributed by atoms with Gasteiger partial charge in [0.15, 0.2) is 0 Å². The van der Waals surface area contributed by atoms with Gasteiger partial charge in [0.1, 0.15) is 0 Å². The van der Waals surface area contributed by atoms with Gasteiger partial charge in [-0.1, -0.05) is 31.2 Å². The van der Waals surface area contributed by atoms with Gasteiger partial charge in [0, 0.05) is 0 Å². The number of hydrogen-bond acceptors (Lipinski definition) is 2. The highest BCUT2D eigenvalue weighted by Gasteiger charge is 2.16. The molecule has 0 aromatic heterocycles. The molecule has 0 heterocycles. The average molecular weight is 220 g/mol. The van der Waals surface area contributed by atoms with Crippen LogP contribution in [0.1, 0.15) is 30.9 Å². The Hall–Kier alpha value is -1.31. The van der Waals surface area contributed by atoms with Crippen molar-refractivity contribution in [2.45, 2.75) is 33.1 Å². The van der Waals surface area contributed by atoms with Crippen molar-refractivity contribution in [1.29, 1.82) is 0 Å². The molecule has 1 aromatic rings. The highest BCUT2D eigenvalue weighted by molar-refractivity contribution is 5.72. The van der Waals surface area contributed by atoms with Crippen LogP contribution in [0.3, 0.4) is 0 Å². The summed E-state index contributed by atoms with van der Waals surface area (Å²) in [5, 5.41) is 0. The quantitative estimate of drug-likeness (QED) is 0.713. The van der Waals surface area contributed by atoms with Crippen molar-refractivity contribution in [3.8, 4) is 0 Å². The van der Waals surface area contributed by atoms with Crippen molar-refractivity contribution in [3.05, 3.63) is 35.4 Å². The van der Waals surface area contributed by atoms with E-state index < -0.39 is 0 Å². The minimum atomic E-state index is -0.0870. The Balaban J connectivity index is 2.56. The molecule has 1 aromatic carbocycles. The van der Waals surface area contributed by atoms with Gasteiger partial charge in [-0.3, -0.25) is 4.79 Å². The highest BCUT2D eigenvalue weighted by Crippen LogP contribution is 2.16. The van der Waals surface area contributed by atoms with Crippen molar-refractivity contribution in [2.75, 3.05) is 7.11 Å². The monoisotopic (exact) mass is 220 g/mol. The van der Waals surface area contributed by atoms with Gasteiger partial charge in [-0.2, -0.15) is 0 Å². The summed E-state index contributed by atoms with van der Waals surface area (Å²) in [6, 6.07) is 8.31. The number of ether oxygens (including phenoxy) is 1. The molecular formula is C14H20O2. The number of methoxy groups -OCH3 is 1. The van der Waals surface area contributed by atoms with Gasteiger partial charge in [-0.05, 0) is 37.3 Å². The van der Waals surface area contributed by atoms with E-state index in [2.05, 4.69) is 19.1 Å². The van der Waals surface area contributed by atoms with Gasteiger partial charge >= 0.3 is 5.97 Å². The summed E-state index contributed by atoms with van der Waals surface area (Å²) in [6.45, 7) is 4.13. The Labute approximate surface area is 97.6 Å². The van der Waals surface area contributed by atoms with E-state index >= 15 is 0 Å². The lowest BCUT2D eigenvalue weighted by atomic mass is 9.95. The van der Waals surface area contributed by atoms with Crippen LogP contribution in [0.2, 0.25) is 0 Å². The topological polar surface area (TPSA) is 26.3 Å². The molecule has 0 radical (unpaired) electrons. The van der Waals surface area contributed by atoms with Crippen molar-refractivity contribution < 1.29 is 9.53 Å². The zero-order chi connectivity index (χ0) is 12.0. The van der Waals surface area contributed by atoms with E-state index in [1.165, 1.54) is 18.2 Å². The van der Waals surface area contributed by atoms with Crippen molar-refractivity contribution in [3.63, 3.8) is 0 Å². The molecule has 0 aliphatic rings. The van der Waals surface area contributed by atoms with Gasteiger partial charge in [-0.15, -0.1) is 0 Å². The van der Waals surface area contributed by atoms with Gasteiger partial charge in [0.25, 0.3) is 0 Å². The minimum Gasteiger partial charge on any atom is -0.469 e. The molecule has 0 saturated heterocycles. The summed E-state index contributed by atoms with van der Waals surface area (Å²) >= 11 is 0. The lowest BCUT2D eigenvalue weighted by Crippen LogP contribution is -2.16. The first-order chi connectivity index (χ1) is 7.69. The third-order valence-corrected chi connectivity index (χ3v) is 3.05. The third kappa shape index (κ3) is 3.37. The Morgan fingerprint density at radius 3 is 2.62 bits per heavy atom. The summed E-state index contributed by atoms with van der Waals surface area (Å²) in [5.41, 5.74) is 2.62. The van der Waals surface area contributed by atoms with Crippen LogP contribution in [0, 0.1) is 12.8 Å². The molecule has 0 aliphatic heterocycles. The molecule has 2 nitrogen and oxygen atoms in total. The van der Waals surface area contributed by atoms with E-state index in [0.29, 0.717) is 0 Å². The largest absolute Gasteiger partial charge is 0.469 e. The number of hydrogen-bond donors (Lipinski definition) is 0. The predicted octanol–water partition coefficient (Wildman–Crippen LogP) is 3.13. The molecule has 0 amide bonds. The molecule has 0 bridgehead atoms. The molecule has 0 spiro atoms. The molecular weight excluding hydrogens is 200 g/mol. The normalized spacial score (nSPS) is 12.2. The number of carbonyl (C=O) groups excluding carboxylic acids is 1. The van der Waals surface area contributed by atoms with Crippen LogP contribution in [0.4, 0.5) is 0 Å². The van der Waals surface area contributed by atoms with E-state index in [-0.39, 0.29) is 11.9 Å². The van der Waals surface area contributed by atoms with Crippen LogP contribution in [-0.2, 0) is 16.0 Å². The maximum absolute atomic E-state index is 11.4. The van der Waals surface area contributed by atoms with E-state index in [1.807, 2.05) is 19.1 Å². The van der Waals surface area contributed by atoms with Crippen molar-refractivity contribution >= 4 is 5.97 Å². The second-order valence-corrected chi connectivity index (χ2v) is 4.09. The number of rotatable bonds is 5. The van der Waals surface area contributed by atoms with E-state index in [0.717, 1.165) is 19.3 Å². The van der Waals surface area contributed by atoms with Gasteiger partial charge in [-0.25, -0.2) is 0 Å². The summed E-state index contributed by atoms with van der Waals surface area (Å²) < 4.78 is 4.78. The second-order valence-electron chi connectivity index (χ2n) is 4.09. The van der Waals surface area contributed by atoms with Gasteiger partial charge < -0.3 is 4.74 Å². The second kappa shape index (κ2) is 6.31. The summed E-state index contributed by atoms with van der Waals surface area (Å²) in [6.07, 6.45) is 2.66. The maximum Gasteiger partial charge on any atom is 0.308 e. The fourth-order valence-corrected chi connectivity index (χ4v) is 1.88. The SMILES string of the molecule is CCC(CCc1ccccc1C)C(=O)OC. The smallest absolute Gasteiger partial charge is 0.308 e. The molecule has 0 aliphatic carbocycles. The first-order valence-corrected chi connectivity index (χ1v) is 5.81. The zero-order valence-electron chi connectivity index (χ0n) is 10.3. The number of aryl methyl sites for hydroxylation is 2. The first kappa shape index (κ1) is 12.8. The summed E-state index contributed by atoms with van der Waals surface area (Å²) in [5.74, 6) is -0.0549. The number of carbonyl (C=O) groups is 1. The molecule has 0 saturated carbocycles. The Bertz CT molecular complexity index is 344. The molecule has 1 unspecified atom stereocenters. The number of benzene rings is 1. The minimum absolute atomic E-state index is 0.0320. The van der Waals surface area contributed by atoms with Crippen LogP contribution in [0.5, 0.6) is 0 Å². The van der Waals surface area contributed by atoms with Crippen LogP contribution >= 0.6 is 0 Å². The third-order valence-electron chi connectivity index (χ3n) is 3.05. The Morgan fingerprint density at radius 2 is 2.06 bits per heavy atom. The van der Waals surface area contributed by atoms with Crippen LogP contribution in [0.15, 0.2) is 24.3 Å². The molecule has 88 valence electrons.